The molecule has 1 aliphatic carbocycles. The third-order valence-corrected chi connectivity index (χ3v) is 4.33. The summed E-state index contributed by atoms with van der Waals surface area (Å²) in [5, 5.41) is 0. The predicted molar refractivity (Wildman–Crippen MR) is 81.6 cm³/mol. The van der Waals surface area contributed by atoms with Gasteiger partial charge in [-0.05, 0) is 0 Å². The van der Waals surface area contributed by atoms with Gasteiger partial charge in [-0.25, -0.2) is 0 Å². The molecule has 0 saturated carbocycles. The van der Waals surface area contributed by atoms with E-state index in [9.17, 15) is 0 Å². The monoisotopic (exact) mass is 244 g/mol. The van der Waals surface area contributed by atoms with Crippen molar-refractivity contribution in [3.63, 3.8) is 0 Å². The summed E-state index contributed by atoms with van der Waals surface area (Å²) in [6.45, 7) is 10.7. The van der Waals surface area contributed by atoms with Gasteiger partial charge in [-0.2, -0.15) is 0 Å². The van der Waals surface area contributed by atoms with Crippen molar-refractivity contribution < 1.29 is 0 Å². The minimum absolute atomic E-state index is 0.478. The number of allylic oxidation sites excluding steroid dienone is 2. The molecule has 0 spiro atoms. The number of hydrogen-bond acceptors (Lipinski definition) is 2. The Morgan fingerprint density at radius 3 is 2.56 bits per heavy atom. The van der Waals surface area contributed by atoms with Gasteiger partial charge in [-0.3, -0.25) is 0 Å². The molecule has 1 saturated heterocycles. The first-order valence-electron chi connectivity index (χ1n) is 7.01. The number of hydrogen-bond donors (Lipinski definition) is 0. The second-order valence-corrected chi connectivity index (χ2v) is 5.80. The van der Waals surface area contributed by atoms with Crippen LogP contribution in [-0.4, -0.2) is 62.5 Å². The van der Waals surface area contributed by atoms with Crippen LogP contribution in [0.25, 0.3) is 0 Å². The summed E-state index contributed by atoms with van der Waals surface area (Å²) in [6, 6.07) is 1.28. The van der Waals surface area contributed by atoms with Gasteiger partial charge in [0.05, 0.1) is 0 Å². The molecule has 0 radical (unpaired) electrons. The average Bonchev–Trinajstić information content (AvgIpc) is 2.38. The Labute approximate surface area is 112 Å². The van der Waals surface area contributed by atoms with E-state index >= 15 is 0 Å². The molecule has 98 valence electrons. The summed E-state index contributed by atoms with van der Waals surface area (Å²) in [4.78, 5) is 4.98. The van der Waals surface area contributed by atoms with Crippen LogP contribution in [0.5, 0.6) is 0 Å². The van der Waals surface area contributed by atoms with E-state index in [2.05, 4.69) is 62.4 Å². The first-order valence-corrected chi connectivity index (χ1v) is 7.01. The topological polar surface area (TPSA) is 6.48 Å². The van der Waals surface area contributed by atoms with Gasteiger partial charge in [0.15, 0.2) is 0 Å². The molecule has 18 heavy (non-hydrogen) atoms. The molecule has 3 heteroatoms. The van der Waals surface area contributed by atoms with Gasteiger partial charge < -0.3 is 0 Å². The van der Waals surface area contributed by atoms with Crippen molar-refractivity contribution in [3.05, 3.63) is 23.8 Å². The van der Waals surface area contributed by atoms with Crippen LogP contribution in [0, 0.1) is 0 Å². The predicted octanol–water partition coefficient (Wildman–Crippen LogP) is 1.82. The Morgan fingerprint density at radius 1 is 1.33 bits per heavy atom. The molecule has 2 aliphatic rings. The zero-order chi connectivity index (χ0) is 13.1. The van der Waals surface area contributed by atoms with Crippen LogP contribution >= 0.6 is 0 Å². The summed E-state index contributed by atoms with van der Waals surface area (Å²) in [6.07, 6.45) is 9.52. The van der Waals surface area contributed by atoms with Crippen LogP contribution in [-0.2, 0) is 0 Å². The van der Waals surface area contributed by atoms with Crippen molar-refractivity contribution in [2.45, 2.75) is 37.7 Å². The SMILES string of the molecule is C=BC1C=C(C)C=CC1N1CCC(N(C)C)CC1. The van der Waals surface area contributed by atoms with Crippen LogP contribution in [0.15, 0.2) is 23.8 Å². The Morgan fingerprint density at radius 2 is 2.00 bits per heavy atom. The number of nitrogens with zero attached hydrogens (tertiary/aromatic N) is 2. The molecule has 1 heterocycles. The number of likely N-dealkylation sites (tertiary alicyclic amines) is 1. The van der Waals surface area contributed by atoms with Crippen molar-refractivity contribution in [2.75, 3.05) is 27.2 Å². The van der Waals surface area contributed by atoms with Crippen molar-refractivity contribution in [1.29, 1.82) is 0 Å². The van der Waals surface area contributed by atoms with Crippen LogP contribution in [0.4, 0.5) is 0 Å². The molecule has 2 atom stereocenters. The molecule has 0 aromatic rings. The van der Waals surface area contributed by atoms with Gasteiger partial charge in [0.1, 0.15) is 0 Å². The molecule has 0 amide bonds. The van der Waals surface area contributed by atoms with Gasteiger partial charge in [0.2, 0.25) is 0 Å². The van der Waals surface area contributed by atoms with Crippen molar-refractivity contribution in [1.82, 2.24) is 9.80 Å². The van der Waals surface area contributed by atoms with E-state index < -0.39 is 0 Å². The summed E-state index contributed by atoms with van der Waals surface area (Å²) >= 11 is 0. The first-order chi connectivity index (χ1) is 8.61. The van der Waals surface area contributed by atoms with E-state index in [1.165, 1.54) is 31.5 Å². The molecule has 1 fully saturated rings. The van der Waals surface area contributed by atoms with Crippen LogP contribution in [0.2, 0.25) is 5.82 Å². The maximum absolute atomic E-state index is 3.99. The number of rotatable bonds is 3. The molecule has 0 N–H and O–H groups in total. The fourth-order valence-corrected chi connectivity index (χ4v) is 3.11. The molecular formula is C15H25BN2. The van der Waals surface area contributed by atoms with E-state index in [1.807, 2.05) is 0 Å². The number of piperidine rings is 1. The Balaban J connectivity index is 1.97. The second kappa shape index (κ2) is 5.98. The molecule has 0 aromatic heterocycles. The Hall–Kier alpha value is -0.665. The fourth-order valence-electron chi connectivity index (χ4n) is 3.11. The summed E-state index contributed by atoms with van der Waals surface area (Å²) < 4.78 is 0. The molecular weight excluding hydrogens is 219 g/mol. The van der Waals surface area contributed by atoms with Gasteiger partial charge >= 0.3 is 112 Å². The van der Waals surface area contributed by atoms with Crippen LogP contribution < -0.4 is 0 Å². The van der Waals surface area contributed by atoms with Gasteiger partial charge in [-0.1, -0.05) is 0 Å². The summed E-state index contributed by atoms with van der Waals surface area (Å²) in [5.41, 5.74) is 1.36. The summed E-state index contributed by atoms with van der Waals surface area (Å²) in [5.74, 6) is 0.478. The zero-order valence-corrected chi connectivity index (χ0v) is 12.0. The molecule has 1 aliphatic heterocycles. The fraction of sp³-hybridized carbons (Fsp3) is 0.667. The van der Waals surface area contributed by atoms with Crippen LogP contribution in [0.1, 0.15) is 19.8 Å². The third-order valence-electron chi connectivity index (χ3n) is 4.33. The Bertz CT molecular complexity index is 352. The maximum atomic E-state index is 3.99. The van der Waals surface area contributed by atoms with Crippen molar-refractivity contribution >= 4 is 13.4 Å². The normalized spacial score (nSPS) is 30.3. The zero-order valence-electron chi connectivity index (χ0n) is 12.0. The van der Waals surface area contributed by atoms with E-state index in [-0.39, 0.29) is 0 Å². The second-order valence-electron chi connectivity index (χ2n) is 5.80. The van der Waals surface area contributed by atoms with Crippen molar-refractivity contribution in [2.24, 2.45) is 0 Å². The average molecular weight is 244 g/mol. The summed E-state index contributed by atoms with van der Waals surface area (Å²) in [7, 11) is 4.39. The van der Waals surface area contributed by atoms with E-state index in [0.717, 1.165) is 6.04 Å². The molecule has 2 nitrogen and oxygen atoms in total. The van der Waals surface area contributed by atoms with E-state index in [4.69, 9.17) is 0 Å². The molecule has 2 unspecified atom stereocenters. The molecule has 0 aromatic carbocycles. The third kappa shape index (κ3) is 3.01. The van der Waals surface area contributed by atoms with Crippen molar-refractivity contribution in [3.8, 4) is 0 Å². The van der Waals surface area contributed by atoms with Crippen LogP contribution in [0.3, 0.4) is 0 Å². The van der Waals surface area contributed by atoms with E-state index in [1.54, 1.807) is 0 Å². The Kier molecular flexibility index (Phi) is 4.57. The quantitative estimate of drug-likeness (QED) is 0.699. The van der Waals surface area contributed by atoms with Gasteiger partial charge in [0.25, 0.3) is 0 Å². The molecule has 0 bridgehead atoms. The van der Waals surface area contributed by atoms with Gasteiger partial charge in [0, 0.05) is 0 Å². The molecule has 2 rings (SSSR count). The standard InChI is InChI=1S/C15H25BN2/c1-12-5-6-15(14(11-12)16-2)18-9-7-13(8-10-18)17(3)4/h5-6,11,13-15H,2,7-10H2,1,3-4H3. The first kappa shape index (κ1) is 13.8. The van der Waals surface area contributed by atoms with Gasteiger partial charge in [-0.15, -0.1) is 0 Å². The van der Waals surface area contributed by atoms with E-state index in [0.29, 0.717) is 11.9 Å². The minimum atomic E-state index is 0.478.